The van der Waals surface area contributed by atoms with Crippen molar-refractivity contribution in [2.45, 2.75) is 13.5 Å². The topological polar surface area (TPSA) is 50.7 Å². The molecule has 21 heavy (non-hydrogen) atoms. The van der Waals surface area contributed by atoms with Gasteiger partial charge < -0.3 is 19.9 Å². The van der Waals surface area contributed by atoms with Gasteiger partial charge in [-0.1, -0.05) is 11.6 Å². The van der Waals surface area contributed by atoms with Gasteiger partial charge in [-0.15, -0.1) is 0 Å². The molecule has 0 aromatic heterocycles. The van der Waals surface area contributed by atoms with Crippen molar-refractivity contribution in [2.24, 2.45) is 0 Å². The molecule has 0 amide bonds. The van der Waals surface area contributed by atoms with Crippen LogP contribution in [0.5, 0.6) is 17.2 Å². The highest BCUT2D eigenvalue weighted by Gasteiger charge is 2.10. The van der Waals surface area contributed by atoms with E-state index in [0.717, 1.165) is 16.8 Å². The molecule has 2 aromatic rings. The Morgan fingerprint density at radius 2 is 1.90 bits per heavy atom. The van der Waals surface area contributed by atoms with Crippen LogP contribution in [0, 0.1) is 6.92 Å². The lowest BCUT2D eigenvalue weighted by Crippen LogP contribution is -2.01. The third kappa shape index (κ3) is 3.52. The number of ether oxygens (including phenoxy) is 2. The number of phenolic OH excluding ortho intramolecular Hbond substituents is 1. The zero-order chi connectivity index (χ0) is 15.4. The molecule has 2 N–H and O–H groups in total. The summed E-state index contributed by atoms with van der Waals surface area (Å²) in [5.74, 6) is 1.42. The SMILES string of the molecule is COc1cc(CNc2ccc(O)c(C)c2)cc(Cl)c1OC. The van der Waals surface area contributed by atoms with Gasteiger partial charge in [0.2, 0.25) is 0 Å². The number of aromatic hydroxyl groups is 1. The van der Waals surface area contributed by atoms with E-state index in [4.69, 9.17) is 21.1 Å². The monoisotopic (exact) mass is 307 g/mol. The van der Waals surface area contributed by atoms with Gasteiger partial charge in [0.25, 0.3) is 0 Å². The molecule has 4 nitrogen and oxygen atoms in total. The molecule has 0 saturated heterocycles. The molecule has 0 spiro atoms. The molecule has 2 rings (SSSR count). The first-order valence-corrected chi connectivity index (χ1v) is 6.87. The van der Waals surface area contributed by atoms with Gasteiger partial charge in [-0.25, -0.2) is 0 Å². The van der Waals surface area contributed by atoms with E-state index in [1.807, 2.05) is 31.2 Å². The minimum atomic E-state index is 0.287. The molecular weight excluding hydrogens is 290 g/mol. The minimum Gasteiger partial charge on any atom is -0.508 e. The standard InChI is InChI=1S/C16H18ClNO3/c1-10-6-12(4-5-14(10)19)18-9-11-7-13(17)16(21-3)15(8-11)20-2/h4-8,18-19H,9H2,1-3H3. The fourth-order valence-electron chi connectivity index (χ4n) is 2.04. The molecule has 0 aliphatic heterocycles. The summed E-state index contributed by atoms with van der Waals surface area (Å²) in [5, 5.41) is 13.3. The number of anilines is 1. The van der Waals surface area contributed by atoms with Crippen LogP contribution in [0.1, 0.15) is 11.1 Å². The predicted molar refractivity (Wildman–Crippen MR) is 84.7 cm³/mol. The van der Waals surface area contributed by atoms with Crippen LogP contribution in [0.4, 0.5) is 5.69 Å². The maximum atomic E-state index is 9.52. The summed E-state index contributed by atoms with van der Waals surface area (Å²) in [5.41, 5.74) is 2.73. The van der Waals surface area contributed by atoms with Gasteiger partial charge in [-0.3, -0.25) is 0 Å². The Labute approximate surface area is 129 Å². The smallest absolute Gasteiger partial charge is 0.179 e. The number of phenols is 1. The Kier molecular flexibility index (Phi) is 4.81. The second kappa shape index (κ2) is 6.59. The molecule has 2 aromatic carbocycles. The maximum Gasteiger partial charge on any atom is 0.179 e. The fraction of sp³-hybridized carbons (Fsp3) is 0.250. The van der Waals surface area contributed by atoms with E-state index < -0.39 is 0 Å². The van der Waals surface area contributed by atoms with Gasteiger partial charge in [-0.2, -0.15) is 0 Å². The van der Waals surface area contributed by atoms with Gasteiger partial charge in [0, 0.05) is 12.2 Å². The van der Waals surface area contributed by atoms with Crippen molar-refractivity contribution in [3.05, 3.63) is 46.5 Å². The molecule has 0 aliphatic carbocycles. The van der Waals surface area contributed by atoms with Crippen molar-refractivity contribution >= 4 is 17.3 Å². The van der Waals surface area contributed by atoms with Crippen molar-refractivity contribution in [1.82, 2.24) is 0 Å². The van der Waals surface area contributed by atoms with Crippen LogP contribution in [0.3, 0.4) is 0 Å². The molecule has 0 fully saturated rings. The van der Waals surface area contributed by atoms with E-state index in [-0.39, 0.29) is 5.75 Å². The first-order valence-electron chi connectivity index (χ1n) is 6.49. The minimum absolute atomic E-state index is 0.287. The van der Waals surface area contributed by atoms with Crippen molar-refractivity contribution in [3.8, 4) is 17.2 Å². The highest BCUT2D eigenvalue weighted by molar-refractivity contribution is 6.32. The molecule has 0 heterocycles. The summed E-state index contributed by atoms with van der Waals surface area (Å²) in [6.07, 6.45) is 0. The van der Waals surface area contributed by atoms with Crippen molar-refractivity contribution in [1.29, 1.82) is 0 Å². The molecule has 112 valence electrons. The maximum absolute atomic E-state index is 9.52. The summed E-state index contributed by atoms with van der Waals surface area (Å²) < 4.78 is 10.5. The Balaban J connectivity index is 2.16. The Morgan fingerprint density at radius 3 is 2.52 bits per heavy atom. The van der Waals surface area contributed by atoms with Crippen molar-refractivity contribution in [3.63, 3.8) is 0 Å². The van der Waals surface area contributed by atoms with Crippen molar-refractivity contribution in [2.75, 3.05) is 19.5 Å². The quantitative estimate of drug-likeness (QED) is 0.820. The number of rotatable bonds is 5. The molecule has 0 aliphatic rings. The summed E-state index contributed by atoms with van der Waals surface area (Å²) in [7, 11) is 3.13. The third-order valence-corrected chi connectivity index (χ3v) is 3.47. The number of hydrogen-bond acceptors (Lipinski definition) is 4. The van der Waals surface area contributed by atoms with E-state index >= 15 is 0 Å². The van der Waals surface area contributed by atoms with Gasteiger partial charge >= 0.3 is 0 Å². The Hall–Kier alpha value is -2.07. The molecule has 0 atom stereocenters. The van der Waals surface area contributed by atoms with Crippen LogP contribution >= 0.6 is 11.6 Å². The van der Waals surface area contributed by atoms with Crippen LogP contribution in [0.25, 0.3) is 0 Å². The number of halogens is 1. The zero-order valence-electron chi connectivity index (χ0n) is 12.2. The lowest BCUT2D eigenvalue weighted by atomic mass is 10.1. The Bertz CT molecular complexity index is 644. The lowest BCUT2D eigenvalue weighted by Gasteiger charge is -2.13. The predicted octanol–water partition coefficient (Wildman–Crippen LogP) is 3.98. The van der Waals surface area contributed by atoms with E-state index in [0.29, 0.717) is 23.1 Å². The molecule has 0 radical (unpaired) electrons. The first kappa shape index (κ1) is 15.3. The first-order chi connectivity index (χ1) is 10.0. The second-order valence-corrected chi connectivity index (χ2v) is 5.08. The van der Waals surface area contributed by atoms with Gasteiger partial charge in [0.05, 0.1) is 19.2 Å². The third-order valence-electron chi connectivity index (χ3n) is 3.19. The molecule has 0 saturated carbocycles. The van der Waals surface area contributed by atoms with E-state index in [1.54, 1.807) is 20.3 Å². The highest BCUT2D eigenvalue weighted by atomic mass is 35.5. The van der Waals surface area contributed by atoms with E-state index in [2.05, 4.69) is 5.32 Å². The summed E-state index contributed by atoms with van der Waals surface area (Å²) in [6.45, 7) is 2.44. The van der Waals surface area contributed by atoms with E-state index in [9.17, 15) is 5.11 Å². The zero-order valence-corrected chi connectivity index (χ0v) is 13.0. The number of benzene rings is 2. The average Bonchev–Trinajstić information content (AvgIpc) is 2.47. The summed E-state index contributed by atoms with van der Waals surface area (Å²) in [4.78, 5) is 0. The average molecular weight is 308 g/mol. The van der Waals surface area contributed by atoms with Crippen LogP contribution in [-0.4, -0.2) is 19.3 Å². The number of nitrogens with one attached hydrogen (secondary N) is 1. The lowest BCUT2D eigenvalue weighted by molar-refractivity contribution is 0.355. The molecule has 0 bridgehead atoms. The fourth-order valence-corrected chi connectivity index (χ4v) is 2.35. The second-order valence-electron chi connectivity index (χ2n) is 4.67. The summed E-state index contributed by atoms with van der Waals surface area (Å²) in [6, 6.07) is 9.09. The van der Waals surface area contributed by atoms with Crippen molar-refractivity contribution < 1.29 is 14.6 Å². The number of hydrogen-bond donors (Lipinski definition) is 2. The highest BCUT2D eigenvalue weighted by Crippen LogP contribution is 2.36. The van der Waals surface area contributed by atoms with Crippen LogP contribution in [-0.2, 0) is 6.54 Å². The summed E-state index contributed by atoms with van der Waals surface area (Å²) >= 11 is 6.18. The number of aryl methyl sites for hydroxylation is 1. The largest absolute Gasteiger partial charge is 0.508 e. The normalized spacial score (nSPS) is 10.3. The van der Waals surface area contributed by atoms with E-state index in [1.165, 1.54) is 0 Å². The van der Waals surface area contributed by atoms with Crippen LogP contribution in [0.2, 0.25) is 5.02 Å². The molecule has 5 heteroatoms. The van der Waals surface area contributed by atoms with Gasteiger partial charge in [0.15, 0.2) is 11.5 Å². The van der Waals surface area contributed by atoms with Gasteiger partial charge in [-0.05, 0) is 48.4 Å². The molecule has 0 unspecified atom stereocenters. The van der Waals surface area contributed by atoms with Crippen LogP contribution in [0.15, 0.2) is 30.3 Å². The molecular formula is C16H18ClNO3. The van der Waals surface area contributed by atoms with Crippen LogP contribution < -0.4 is 14.8 Å². The Morgan fingerprint density at radius 1 is 1.14 bits per heavy atom. The number of methoxy groups -OCH3 is 2. The van der Waals surface area contributed by atoms with Gasteiger partial charge in [0.1, 0.15) is 5.75 Å².